The van der Waals surface area contributed by atoms with Crippen molar-refractivity contribution in [3.05, 3.63) is 24.3 Å². The molecule has 0 saturated carbocycles. The van der Waals surface area contributed by atoms with Gasteiger partial charge in [0.1, 0.15) is 0 Å². The first-order chi connectivity index (χ1) is 13.6. The van der Waals surface area contributed by atoms with Crippen molar-refractivity contribution in [2.24, 2.45) is 0 Å². The Hall–Kier alpha value is -0.0900. The molecule has 4 heteroatoms. The number of allylic oxidation sites excluding steroid dienone is 3. The number of carbonyl (C=O) groups excluding carboxylic acids is 1. The van der Waals surface area contributed by atoms with E-state index in [1.54, 1.807) is 6.08 Å². The normalized spacial score (nSPS) is 14.0. The third-order valence-corrected chi connectivity index (χ3v) is 7.78. The van der Waals surface area contributed by atoms with Crippen LogP contribution in [0.2, 0.25) is 0 Å². The molecular formula is C24H42Br2O2. The Kier molecular flexibility index (Phi) is 21.5. The Labute approximate surface area is 191 Å². The summed E-state index contributed by atoms with van der Waals surface area (Å²) in [4.78, 5) is 12.6. The Balaban J connectivity index is 3.43. The lowest BCUT2D eigenvalue weighted by Crippen LogP contribution is -2.13. The summed E-state index contributed by atoms with van der Waals surface area (Å²) in [6.45, 7) is 4.72. The van der Waals surface area contributed by atoms with Crippen molar-refractivity contribution in [2.45, 2.75) is 113 Å². The van der Waals surface area contributed by atoms with Crippen LogP contribution in [-0.2, 0) is 9.53 Å². The highest BCUT2D eigenvalue weighted by Gasteiger charge is 2.14. The van der Waals surface area contributed by atoms with Crippen LogP contribution in [-0.4, -0.2) is 22.2 Å². The standard InChI is InChI=1S/C24H42Br2O2/c1-3-5-7-8-11-15-18-22(25)23(26)19-16-12-9-10-13-17-21-28-24(27)20-14-6-4-2/h4,6,14,20,22-23H,3,5,7-13,15-19,21H2,1-2H3. The number of esters is 1. The van der Waals surface area contributed by atoms with Crippen LogP contribution in [0.5, 0.6) is 0 Å². The minimum absolute atomic E-state index is 0.244. The Morgan fingerprint density at radius 3 is 1.82 bits per heavy atom. The fourth-order valence-corrected chi connectivity index (χ4v) is 4.27. The number of unbranched alkanes of at least 4 members (excludes halogenated alkanes) is 10. The maximum absolute atomic E-state index is 11.4. The molecule has 2 atom stereocenters. The summed E-state index contributed by atoms with van der Waals surface area (Å²) >= 11 is 7.74. The summed E-state index contributed by atoms with van der Waals surface area (Å²) < 4.78 is 5.16. The monoisotopic (exact) mass is 520 g/mol. The predicted octanol–water partition coefficient (Wildman–Crippen LogP) is 8.67. The van der Waals surface area contributed by atoms with Crippen LogP contribution < -0.4 is 0 Å². The summed E-state index contributed by atoms with van der Waals surface area (Å²) in [7, 11) is 0. The zero-order valence-corrected chi connectivity index (χ0v) is 21.3. The SMILES string of the molecule is CC=CC=CC(=O)OCCCCCCCCC(Br)C(Br)CCCCCCCC. The maximum atomic E-state index is 11.4. The number of ether oxygens (including phenoxy) is 1. The molecule has 0 aliphatic carbocycles. The molecule has 0 N–H and O–H groups in total. The van der Waals surface area contributed by atoms with Gasteiger partial charge < -0.3 is 4.74 Å². The number of rotatable bonds is 19. The zero-order valence-electron chi connectivity index (χ0n) is 18.1. The van der Waals surface area contributed by atoms with E-state index in [-0.39, 0.29) is 5.97 Å². The second-order valence-electron chi connectivity index (χ2n) is 7.55. The molecular weight excluding hydrogens is 480 g/mol. The molecule has 0 heterocycles. The minimum Gasteiger partial charge on any atom is -0.463 e. The minimum atomic E-state index is -0.244. The van der Waals surface area contributed by atoms with E-state index in [0.717, 1.165) is 12.8 Å². The smallest absolute Gasteiger partial charge is 0.330 e. The molecule has 0 aromatic carbocycles. The first-order valence-electron chi connectivity index (χ1n) is 11.4. The third-order valence-electron chi connectivity index (χ3n) is 4.88. The molecule has 0 aromatic heterocycles. The molecule has 0 fully saturated rings. The van der Waals surface area contributed by atoms with Gasteiger partial charge in [0.2, 0.25) is 0 Å². The van der Waals surface area contributed by atoms with E-state index in [4.69, 9.17) is 4.74 Å². The molecule has 0 rings (SSSR count). The van der Waals surface area contributed by atoms with Crippen LogP contribution in [0, 0.1) is 0 Å². The van der Waals surface area contributed by atoms with Crippen molar-refractivity contribution in [3.8, 4) is 0 Å². The van der Waals surface area contributed by atoms with Crippen LogP contribution in [0.15, 0.2) is 24.3 Å². The van der Waals surface area contributed by atoms with Crippen LogP contribution in [0.25, 0.3) is 0 Å². The summed E-state index contributed by atoms with van der Waals surface area (Å²) in [6, 6.07) is 0. The first kappa shape index (κ1) is 27.9. The number of hydrogen-bond acceptors (Lipinski definition) is 2. The summed E-state index contributed by atoms with van der Waals surface area (Å²) in [5.74, 6) is -0.244. The molecule has 0 aliphatic heterocycles. The van der Waals surface area contributed by atoms with Crippen molar-refractivity contribution in [2.75, 3.05) is 6.61 Å². The fourth-order valence-electron chi connectivity index (χ4n) is 3.10. The Morgan fingerprint density at radius 2 is 1.29 bits per heavy atom. The van der Waals surface area contributed by atoms with Gasteiger partial charge in [-0.1, -0.05) is 128 Å². The van der Waals surface area contributed by atoms with Crippen molar-refractivity contribution in [1.82, 2.24) is 0 Å². The lowest BCUT2D eigenvalue weighted by Gasteiger charge is -2.16. The van der Waals surface area contributed by atoms with E-state index >= 15 is 0 Å². The molecule has 0 spiro atoms. The molecule has 0 aliphatic rings. The Bertz CT molecular complexity index is 407. The molecule has 2 nitrogen and oxygen atoms in total. The highest BCUT2D eigenvalue weighted by Crippen LogP contribution is 2.25. The highest BCUT2D eigenvalue weighted by molar-refractivity contribution is 9.12. The summed E-state index contributed by atoms with van der Waals surface area (Å²) in [6.07, 6.45) is 24.9. The molecule has 0 radical (unpaired) electrons. The fraction of sp³-hybridized carbons (Fsp3) is 0.792. The maximum Gasteiger partial charge on any atom is 0.330 e. The van der Waals surface area contributed by atoms with E-state index < -0.39 is 0 Å². The second kappa shape index (κ2) is 21.6. The predicted molar refractivity (Wildman–Crippen MR) is 131 cm³/mol. The average molecular weight is 522 g/mol. The van der Waals surface area contributed by atoms with Crippen molar-refractivity contribution in [3.63, 3.8) is 0 Å². The number of hydrogen-bond donors (Lipinski definition) is 0. The molecule has 0 aromatic rings. The summed E-state index contributed by atoms with van der Waals surface area (Å²) in [5.41, 5.74) is 0. The van der Waals surface area contributed by atoms with Gasteiger partial charge in [0.05, 0.1) is 6.61 Å². The summed E-state index contributed by atoms with van der Waals surface area (Å²) in [5, 5.41) is 0. The first-order valence-corrected chi connectivity index (χ1v) is 13.2. The van der Waals surface area contributed by atoms with Gasteiger partial charge in [-0.3, -0.25) is 0 Å². The number of halogens is 2. The topological polar surface area (TPSA) is 26.3 Å². The van der Waals surface area contributed by atoms with Crippen molar-refractivity contribution >= 4 is 37.8 Å². The largest absolute Gasteiger partial charge is 0.463 e. The van der Waals surface area contributed by atoms with Gasteiger partial charge >= 0.3 is 5.97 Å². The van der Waals surface area contributed by atoms with Gasteiger partial charge in [0, 0.05) is 15.7 Å². The molecule has 2 unspecified atom stereocenters. The molecule has 0 saturated heterocycles. The Morgan fingerprint density at radius 1 is 0.786 bits per heavy atom. The van der Waals surface area contributed by atoms with Crippen LogP contribution in [0.3, 0.4) is 0 Å². The van der Waals surface area contributed by atoms with E-state index in [1.807, 2.05) is 19.1 Å². The van der Waals surface area contributed by atoms with E-state index in [0.29, 0.717) is 16.3 Å². The second-order valence-corrected chi connectivity index (χ2v) is 9.90. The van der Waals surface area contributed by atoms with Gasteiger partial charge in [-0.15, -0.1) is 0 Å². The van der Waals surface area contributed by atoms with E-state index in [9.17, 15) is 4.79 Å². The zero-order chi connectivity index (χ0) is 20.9. The molecule has 164 valence electrons. The van der Waals surface area contributed by atoms with Crippen LogP contribution in [0.4, 0.5) is 0 Å². The van der Waals surface area contributed by atoms with Crippen molar-refractivity contribution in [1.29, 1.82) is 0 Å². The van der Waals surface area contributed by atoms with Crippen LogP contribution in [0.1, 0.15) is 104 Å². The van der Waals surface area contributed by atoms with Gasteiger partial charge in [0.15, 0.2) is 0 Å². The van der Waals surface area contributed by atoms with Gasteiger partial charge in [-0.2, -0.15) is 0 Å². The molecule has 28 heavy (non-hydrogen) atoms. The average Bonchev–Trinajstić information content (AvgIpc) is 2.69. The van der Waals surface area contributed by atoms with E-state index in [2.05, 4.69) is 38.8 Å². The molecule has 0 amide bonds. The van der Waals surface area contributed by atoms with Gasteiger partial charge in [-0.05, 0) is 26.2 Å². The van der Waals surface area contributed by atoms with Gasteiger partial charge in [-0.25, -0.2) is 4.79 Å². The lowest BCUT2D eigenvalue weighted by atomic mass is 10.0. The highest BCUT2D eigenvalue weighted by atomic mass is 79.9. The van der Waals surface area contributed by atoms with Gasteiger partial charge in [0.25, 0.3) is 0 Å². The van der Waals surface area contributed by atoms with Crippen molar-refractivity contribution < 1.29 is 9.53 Å². The number of carbonyl (C=O) groups is 1. The van der Waals surface area contributed by atoms with Crippen LogP contribution >= 0.6 is 31.9 Å². The molecule has 0 bridgehead atoms. The number of alkyl halides is 2. The van der Waals surface area contributed by atoms with E-state index in [1.165, 1.54) is 83.1 Å². The third kappa shape index (κ3) is 19.2. The quantitative estimate of drug-likeness (QED) is 0.0558. The lowest BCUT2D eigenvalue weighted by molar-refractivity contribution is -0.137.